The number of phenolic OH excluding ortho intramolecular Hbond substituents is 1. The molecular formula is C25H31N3O8S. The molecular weight excluding hydrogens is 502 g/mol. The van der Waals surface area contributed by atoms with E-state index in [2.05, 4.69) is 15.0 Å². The molecule has 0 aliphatic carbocycles. The zero-order chi connectivity index (χ0) is 26.8. The van der Waals surface area contributed by atoms with E-state index in [1.165, 1.54) is 18.2 Å². The first-order valence-electron chi connectivity index (χ1n) is 11.4. The van der Waals surface area contributed by atoms with E-state index in [1.54, 1.807) is 30.5 Å². The number of pyridine rings is 1. The molecule has 0 amide bonds. The van der Waals surface area contributed by atoms with Gasteiger partial charge in [-0.1, -0.05) is 12.1 Å². The summed E-state index contributed by atoms with van der Waals surface area (Å²) in [6.07, 6.45) is 2.13. The summed E-state index contributed by atoms with van der Waals surface area (Å²) in [6, 6.07) is 14.4. The lowest BCUT2D eigenvalue weighted by molar-refractivity contribution is 0.0997. The van der Waals surface area contributed by atoms with E-state index in [4.69, 9.17) is 9.47 Å². The molecule has 0 spiro atoms. The minimum Gasteiger partial charge on any atom is -0.506 e. The Bertz CT molecular complexity index is 1260. The first kappa shape index (κ1) is 28.2. The molecule has 200 valence electrons. The van der Waals surface area contributed by atoms with Crippen LogP contribution in [-0.4, -0.2) is 72.0 Å². The van der Waals surface area contributed by atoms with Crippen LogP contribution in [0.3, 0.4) is 0 Å². The third kappa shape index (κ3) is 9.19. The number of hydrogen-bond acceptors (Lipinski definition) is 10. The first-order valence-corrected chi connectivity index (χ1v) is 13.3. The predicted molar refractivity (Wildman–Crippen MR) is 137 cm³/mol. The molecule has 3 aromatic rings. The number of sulfonamides is 1. The van der Waals surface area contributed by atoms with E-state index in [9.17, 15) is 28.8 Å². The van der Waals surface area contributed by atoms with Gasteiger partial charge in [0.1, 0.15) is 30.0 Å². The molecule has 0 aliphatic heterocycles. The van der Waals surface area contributed by atoms with Crippen molar-refractivity contribution in [2.75, 3.05) is 30.7 Å². The lowest BCUT2D eigenvalue weighted by Gasteiger charge is -2.20. The van der Waals surface area contributed by atoms with Crippen LogP contribution < -0.4 is 19.5 Å². The van der Waals surface area contributed by atoms with Crippen molar-refractivity contribution in [1.82, 2.24) is 10.3 Å². The predicted octanol–water partition coefficient (Wildman–Crippen LogP) is 1.38. The van der Waals surface area contributed by atoms with Crippen LogP contribution in [0, 0.1) is 0 Å². The van der Waals surface area contributed by atoms with Crippen LogP contribution in [0.25, 0.3) is 0 Å². The van der Waals surface area contributed by atoms with Crippen molar-refractivity contribution in [3.8, 4) is 23.1 Å². The number of ether oxygens (including phenoxy) is 2. The molecule has 2 atom stereocenters. The zero-order valence-electron chi connectivity index (χ0n) is 20.2. The molecule has 6 N–H and O–H groups in total. The number of hydrogen-bond donors (Lipinski definition) is 6. The van der Waals surface area contributed by atoms with Crippen molar-refractivity contribution in [1.29, 1.82) is 0 Å². The van der Waals surface area contributed by atoms with Crippen LogP contribution >= 0.6 is 0 Å². The van der Waals surface area contributed by atoms with Gasteiger partial charge in [0.15, 0.2) is 0 Å². The Labute approximate surface area is 215 Å². The van der Waals surface area contributed by atoms with Gasteiger partial charge in [0.05, 0.1) is 25.2 Å². The molecule has 0 radical (unpaired) electrons. The molecule has 37 heavy (non-hydrogen) atoms. The Hall–Kier alpha value is -3.42. The molecule has 0 saturated carbocycles. The lowest BCUT2D eigenvalue weighted by atomic mass is 10.1. The smallest absolute Gasteiger partial charge is 0.229 e. The van der Waals surface area contributed by atoms with Crippen molar-refractivity contribution in [2.45, 2.75) is 25.2 Å². The number of aliphatic hydroxyl groups excluding tert-OH is 3. The second-order valence-corrected chi connectivity index (χ2v) is 10.1. The van der Waals surface area contributed by atoms with E-state index in [0.29, 0.717) is 23.6 Å². The highest BCUT2D eigenvalue weighted by molar-refractivity contribution is 7.92. The van der Waals surface area contributed by atoms with Crippen molar-refractivity contribution < 1.29 is 38.3 Å². The van der Waals surface area contributed by atoms with E-state index in [0.717, 1.165) is 11.8 Å². The number of benzene rings is 2. The standard InChI is InChI=1S/C25H31N3O8S/c1-37(33,34)28-23-12-22(8-9-24(23)32)35-16-20(31)13-27-19(15-30)11-17-4-6-21(7-5-17)36-25-18(14-29)3-2-10-26-25/h2-10,12,19-20,27-32H,11,13-16H2,1H3/t19-,20+/m0/s1. The van der Waals surface area contributed by atoms with E-state index in [-0.39, 0.29) is 49.6 Å². The van der Waals surface area contributed by atoms with Crippen molar-refractivity contribution in [3.05, 3.63) is 71.9 Å². The van der Waals surface area contributed by atoms with Crippen LogP contribution in [-0.2, 0) is 23.1 Å². The summed E-state index contributed by atoms with van der Waals surface area (Å²) in [6.45, 7) is -0.289. The normalized spacial score (nSPS) is 13.1. The molecule has 0 bridgehead atoms. The van der Waals surface area contributed by atoms with Gasteiger partial charge in [-0.3, -0.25) is 4.72 Å². The maximum absolute atomic E-state index is 11.4. The second kappa shape index (κ2) is 13.2. The van der Waals surface area contributed by atoms with E-state index >= 15 is 0 Å². The fraction of sp³-hybridized carbons (Fsp3) is 0.320. The third-order valence-electron chi connectivity index (χ3n) is 5.21. The van der Waals surface area contributed by atoms with Crippen molar-refractivity contribution >= 4 is 15.7 Å². The fourth-order valence-corrected chi connectivity index (χ4v) is 3.93. The highest BCUT2D eigenvalue weighted by Gasteiger charge is 2.14. The number of aliphatic hydroxyl groups is 3. The maximum atomic E-state index is 11.4. The quantitative estimate of drug-likeness (QED) is 0.166. The Morgan fingerprint density at radius 3 is 2.46 bits per heavy atom. The monoisotopic (exact) mass is 533 g/mol. The Kier molecular flexibility index (Phi) is 10.1. The van der Waals surface area contributed by atoms with Gasteiger partial charge >= 0.3 is 0 Å². The van der Waals surface area contributed by atoms with Gasteiger partial charge in [0, 0.05) is 30.4 Å². The van der Waals surface area contributed by atoms with Crippen LogP contribution in [0.5, 0.6) is 23.1 Å². The summed E-state index contributed by atoms with van der Waals surface area (Å²) < 4.78 is 36.2. The number of anilines is 1. The second-order valence-electron chi connectivity index (χ2n) is 8.38. The Morgan fingerprint density at radius 2 is 1.78 bits per heavy atom. The molecule has 0 fully saturated rings. The summed E-state index contributed by atoms with van der Waals surface area (Å²) in [5.74, 6) is 0.902. The summed E-state index contributed by atoms with van der Waals surface area (Å²) in [5, 5.41) is 42.3. The third-order valence-corrected chi connectivity index (χ3v) is 5.80. The lowest BCUT2D eigenvalue weighted by Crippen LogP contribution is -2.41. The van der Waals surface area contributed by atoms with Gasteiger partial charge in [-0.15, -0.1) is 0 Å². The molecule has 0 unspecified atom stereocenters. The van der Waals surface area contributed by atoms with Crippen molar-refractivity contribution in [3.63, 3.8) is 0 Å². The summed E-state index contributed by atoms with van der Waals surface area (Å²) in [4.78, 5) is 4.13. The average molecular weight is 534 g/mol. The molecule has 11 nitrogen and oxygen atoms in total. The fourth-order valence-electron chi connectivity index (χ4n) is 3.37. The molecule has 12 heteroatoms. The largest absolute Gasteiger partial charge is 0.506 e. The summed E-state index contributed by atoms with van der Waals surface area (Å²) in [7, 11) is -3.58. The van der Waals surface area contributed by atoms with Gasteiger partial charge in [-0.2, -0.15) is 0 Å². The van der Waals surface area contributed by atoms with Gasteiger partial charge in [0.25, 0.3) is 0 Å². The van der Waals surface area contributed by atoms with Gasteiger partial charge in [-0.05, 0) is 48.4 Å². The number of aromatic nitrogens is 1. The zero-order valence-corrected chi connectivity index (χ0v) is 21.1. The highest BCUT2D eigenvalue weighted by Crippen LogP contribution is 2.29. The SMILES string of the molecule is CS(=O)(=O)Nc1cc(OC[C@H](O)CN[C@H](CO)Cc2ccc(Oc3ncccc3CO)cc2)ccc1O. The number of phenols is 1. The Morgan fingerprint density at radius 1 is 1.05 bits per heavy atom. The number of rotatable bonds is 14. The van der Waals surface area contributed by atoms with Crippen LogP contribution in [0.15, 0.2) is 60.8 Å². The minimum atomic E-state index is -3.58. The van der Waals surface area contributed by atoms with E-state index in [1.807, 2.05) is 12.1 Å². The topological polar surface area (TPSA) is 170 Å². The van der Waals surface area contributed by atoms with Crippen LogP contribution in [0.1, 0.15) is 11.1 Å². The van der Waals surface area contributed by atoms with Crippen LogP contribution in [0.2, 0.25) is 0 Å². The molecule has 3 rings (SSSR count). The van der Waals surface area contributed by atoms with Crippen molar-refractivity contribution in [2.24, 2.45) is 0 Å². The summed E-state index contributed by atoms with van der Waals surface area (Å²) in [5.41, 5.74) is 1.48. The minimum absolute atomic E-state index is 0.0294. The van der Waals surface area contributed by atoms with E-state index < -0.39 is 16.1 Å². The van der Waals surface area contributed by atoms with Crippen LogP contribution in [0.4, 0.5) is 5.69 Å². The van der Waals surface area contributed by atoms with Gasteiger partial charge in [0.2, 0.25) is 15.9 Å². The maximum Gasteiger partial charge on any atom is 0.229 e. The molecule has 1 heterocycles. The average Bonchev–Trinajstić information content (AvgIpc) is 2.87. The first-order chi connectivity index (χ1) is 17.7. The molecule has 2 aromatic carbocycles. The van der Waals surface area contributed by atoms with Gasteiger partial charge in [-0.25, -0.2) is 13.4 Å². The number of aromatic hydroxyl groups is 1. The summed E-state index contributed by atoms with van der Waals surface area (Å²) >= 11 is 0. The molecule has 1 aromatic heterocycles. The Balaban J connectivity index is 1.47. The number of nitrogens with one attached hydrogen (secondary N) is 2. The molecule has 0 aliphatic rings. The number of nitrogens with zero attached hydrogens (tertiary/aromatic N) is 1. The van der Waals surface area contributed by atoms with Gasteiger partial charge < -0.3 is 35.2 Å². The molecule has 0 saturated heterocycles. The highest BCUT2D eigenvalue weighted by atomic mass is 32.2.